The summed E-state index contributed by atoms with van der Waals surface area (Å²) in [6.07, 6.45) is 1.89. The van der Waals surface area contributed by atoms with Crippen LogP contribution in [0.5, 0.6) is 0 Å². The van der Waals surface area contributed by atoms with Gasteiger partial charge in [0.15, 0.2) is 0 Å². The summed E-state index contributed by atoms with van der Waals surface area (Å²) in [5.41, 5.74) is 0. The van der Waals surface area contributed by atoms with Crippen LogP contribution in [0, 0.1) is 0 Å². The van der Waals surface area contributed by atoms with Crippen LogP contribution < -0.4 is 51.4 Å². The SMILES string of the molecule is C=CC[SiH2-].[K+]. The van der Waals surface area contributed by atoms with Crippen molar-refractivity contribution in [2.45, 2.75) is 6.04 Å². The van der Waals surface area contributed by atoms with Crippen LogP contribution in [0.1, 0.15) is 0 Å². The first kappa shape index (κ1) is 9.78. The molecule has 0 unspecified atom stereocenters. The Labute approximate surface area is 78.9 Å². The van der Waals surface area contributed by atoms with Gasteiger partial charge in [0.1, 0.15) is 0 Å². The van der Waals surface area contributed by atoms with Crippen molar-refractivity contribution >= 4 is 10.2 Å². The van der Waals surface area contributed by atoms with E-state index in [4.69, 9.17) is 0 Å². The second kappa shape index (κ2) is 9.14. The van der Waals surface area contributed by atoms with Crippen LogP contribution in [0.25, 0.3) is 0 Å². The van der Waals surface area contributed by atoms with Gasteiger partial charge in [0.2, 0.25) is 0 Å². The number of hydrogen-bond acceptors (Lipinski definition) is 0. The molecule has 0 radical (unpaired) electrons. The topological polar surface area (TPSA) is 0 Å². The van der Waals surface area contributed by atoms with Crippen molar-refractivity contribution in [2.24, 2.45) is 0 Å². The molecule has 24 valence electrons. The second-order valence-corrected chi connectivity index (χ2v) is 1.15. The molecule has 5 heavy (non-hydrogen) atoms. The number of rotatable bonds is 1. The standard InChI is InChI=1S/C3H7Si.K/c1-2-3-4;/h2H,1,3-4H2;/q-1;+1. The summed E-state index contributed by atoms with van der Waals surface area (Å²) in [6.45, 7) is 3.49. The normalized spacial score (nSPS) is 5.00. The Bertz CT molecular complexity index is 20.9. The van der Waals surface area contributed by atoms with Gasteiger partial charge in [0, 0.05) is 0 Å². The van der Waals surface area contributed by atoms with Gasteiger partial charge in [-0.3, -0.25) is 10.2 Å². The van der Waals surface area contributed by atoms with Crippen LogP contribution in [-0.2, 0) is 0 Å². The molecule has 0 fully saturated rings. The molecule has 0 aliphatic rings. The molecule has 0 amide bonds. The molecule has 0 spiro atoms. The molecule has 0 aromatic heterocycles. The molecule has 0 rings (SSSR count). The van der Waals surface area contributed by atoms with E-state index >= 15 is 0 Å². The molecule has 0 aromatic rings. The summed E-state index contributed by atoms with van der Waals surface area (Å²) in [6, 6.07) is 1.11. The third-order valence-electron chi connectivity index (χ3n) is 0.204. The van der Waals surface area contributed by atoms with Crippen molar-refractivity contribution in [3.63, 3.8) is 0 Å². The fourth-order valence-electron chi connectivity index (χ4n) is 0. The first-order chi connectivity index (χ1) is 1.91. The molecule has 0 aliphatic heterocycles. The summed E-state index contributed by atoms with van der Waals surface area (Å²) < 4.78 is 0. The summed E-state index contributed by atoms with van der Waals surface area (Å²) in [5, 5.41) is 0. The van der Waals surface area contributed by atoms with Crippen LogP contribution in [0.2, 0.25) is 6.04 Å². The van der Waals surface area contributed by atoms with E-state index in [0.717, 1.165) is 6.04 Å². The van der Waals surface area contributed by atoms with Crippen molar-refractivity contribution in [1.82, 2.24) is 0 Å². The largest absolute Gasteiger partial charge is 1.00 e. The van der Waals surface area contributed by atoms with Gasteiger partial charge in [-0.1, -0.05) is 0 Å². The predicted molar refractivity (Wildman–Crippen MR) is 23.5 cm³/mol. The molecule has 0 aliphatic carbocycles. The molecule has 0 N–H and O–H groups in total. The summed E-state index contributed by atoms with van der Waals surface area (Å²) >= 11 is 0. The maximum atomic E-state index is 3.49. The average Bonchev–Trinajstić information content (AvgIpc) is 1.37. The fourth-order valence-corrected chi connectivity index (χ4v) is 0. The molecule has 0 bridgehead atoms. The Morgan fingerprint density at radius 3 is 2.00 bits per heavy atom. The van der Waals surface area contributed by atoms with E-state index in [-0.39, 0.29) is 51.4 Å². The van der Waals surface area contributed by atoms with Crippen LogP contribution >= 0.6 is 0 Å². The Morgan fingerprint density at radius 1 is 1.80 bits per heavy atom. The van der Waals surface area contributed by atoms with Crippen molar-refractivity contribution in [2.75, 3.05) is 0 Å². The van der Waals surface area contributed by atoms with Gasteiger partial charge in [0.05, 0.1) is 0 Å². The molecule has 0 heterocycles. The Balaban J connectivity index is 0. The van der Waals surface area contributed by atoms with Gasteiger partial charge >= 0.3 is 51.4 Å². The van der Waals surface area contributed by atoms with Crippen LogP contribution in [0.4, 0.5) is 0 Å². The Kier molecular flexibility index (Phi) is 17.9. The zero-order valence-electron chi connectivity index (χ0n) is 3.70. The average molecular weight is 110 g/mol. The maximum Gasteiger partial charge on any atom is 1.00 e. The molecule has 0 nitrogen and oxygen atoms in total. The number of hydrogen-bond donors (Lipinski definition) is 0. The summed E-state index contributed by atoms with van der Waals surface area (Å²) in [4.78, 5) is 0. The first-order valence-electron chi connectivity index (χ1n) is 1.32. The summed E-state index contributed by atoms with van der Waals surface area (Å²) in [5.74, 6) is 0. The van der Waals surface area contributed by atoms with Crippen LogP contribution in [-0.4, -0.2) is 10.2 Å². The van der Waals surface area contributed by atoms with Gasteiger partial charge in [-0.05, 0) is 0 Å². The zero-order chi connectivity index (χ0) is 3.41. The van der Waals surface area contributed by atoms with Crippen LogP contribution in [0.3, 0.4) is 0 Å². The number of allylic oxidation sites excluding steroid dienone is 1. The van der Waals surface area contributed by atoms with Crippen molar-refractivity contribution in [3.05, 3.63) is 12.7 Å². The van der Waals surface area contributed by atoms with E-state index in [9.17, 15) is 0 Å². The van der Waals surface area contributed by atoms with Crippen molar-refractivity contribution < 1.29 is 51.4 Å². The molecular formula is C3H7KSi. The van der Waals surface area contributed by atoms with E-state index in [1.807, 2.05) is 16.3 Å². The molecule has 2 heteroatoms. The predicted octanol–water partition coefficient (Wildman–Crippen LogP) is -2.77. The van der Waals surface area contributed by atoms with Gasteiger partial charge in [-0.2, -0.15) is 6.04 Å². The van der Waals surface area contributed by atoms with E-state index in [2.05, 4.69) is 6.58 Å². The minimum Gasteiger partial charge on any atom is -0.292 e. The molecule has 0 saturated heterocycles. The fraction of sp³-hybridized carbons (Fsp3) is 0.333. The minimum absolute atomic E-state index is 0. The van der Waals surface area contributed by atoms with E-state index in [1.54, 1.807) is 0 Å². The minimum atomic E-state index is 0. The monoisotopic (exact) mass is 110 g/mol. The third kappa shape index (κ3) is 10.7. The van der Waals surface area contributed by atoms with Crippen LogP contribution in [0.15, 0.2) is 12.7 Å². The molecule has 0 saturated carbocycles. The van der Waals surface area contributed by atoms with Gasteiger partial charge in [-0.15, -0.1) is 12.7 Å². The van der Waals surface area contributed by atoms with Crippen molar-refractivity contribution in [3.8, 4) is 0 Å². The molecule has 0 atom stereocenters. The maximum absolute atomic E-state index is 3.49. The third-order valence-corrected chi connectivity index (χ3v) is 0.612. The Hall–Kier alpha value is 1.59. The zero-order valence-corrected chi connectivity index (χ0v) is 8.24. The van der Waals surface area contributed by atoms with Crippen molar-refractivity contribution in [1.29, 1.82) is 0 Å². The second-order valence-electron chi connectivity index (χ2n) is 0.577. The smallest absolute Gasteiger partial charge is 0.292 e. The molecule has 0 aromatic carbocycles. The van der Waals surface area contributed by atoms with Gasteiger partial charge < -0.3 is 0 Å². The van der Waals surface area contributed by atoms with Gasteiger partial charge in [-0.25, -0.2) is 0 Å². The van der Waals surface area contributed by atoms with E-state index in [1.165, 1.54) is 0 Å². The molecular weight excluding hydrogens is 103 g/mol. The van der Waals surface area contributed by atoms with E-state index < -0.39 is 0 Å². The first-order valence-corrected chi connectivity index (χ1v) is 2.32. The van der Waals surface area contributed by atoms with E-state index in [0.29, 0.717) is 0 Å². The Morgan fingerprint density at radius 2 is 2.00 bits per heavy atom. The quantitative estimate of drug-likeness (QED) is 0.253. The summed E-state index contributed by atoms with van der Waals surface area (Å²) in [7, 11) is 1.90. The van der Waals surface area contributed by atoms with Gasteiger partial charge in [0.25, 0.3) is 0 Å².